The van der Waals surface area contributed by atoms with Gasteiger partial charge in [0.2, 0.25) is 0 Å². The average molecular weight is 258 g/mol. The van der Waals surface area contributed by atoms with Crippen molar-refractivity contribution in [1.82, 2.24) is 0 Å². The van der Waals surface area contributed by atoms with Gasteiger partial charge in [0.1, 0.15) is 0 Å². The van der Waals surface area contributed by atoms with Crippen molar-refractivity contribution in [3.8, 4) is 0 Å². The number of para-hydroxylation sites is 1. The van der Waals surface area contributed by atoms with Crippen LogP contribution in [0.2, 0.25) is 0 Å². The van der Waals surface area contributed by atoms with Crippen molar-refractivity contribution in [1.29, 1.82) is 0 Å². The van der Waals surface area contributed by atoms with Crippen molar-refractivity contribution in [3.05, 3.63) is 70.3 Å². The zero-order chi connectivity index (χ0) is 13.7. The highest BCUT2D eigenvalue weighted by Gasteiger charge is 2.10. The maximum Gasteiger partial charge on any atom is 0.269 e. The number of nitrogens with zero attached hydrogens (tertiary/aromatic N) is 1. The van der Waals surface area contributed by atoms with E-state index in [0.29, 0.717) is 12.1 Å². The molecule has 0 aliphatic heterocycles. The highest BCUT2D eigenvalue weighted by molar-refractivity contribution is 5.43. The van der Waals surface area contributed by atoms with Gasteiger partial charge in [-0.15, -0.1) is 0 Å². The molecule has 5 nitrogen and oxygen atoms in total. The Hall–Kier alpha value is -2.40. The molecule has 0 aromatic heterocycles. The third-order valence-electron chi connectivity index (χ3n) is 2.76. The van der Waals surface area contributed by atoms with Crippen molar-refractivity contribution in [2.75, 3.05) is 11.9 Å². The molecule has 0 heterocycles. The van der Waals surface area contributed by atoms with Gasteiger partial charge < -0.3 is 10.4 Å². The van der Waals surface area contributed by atoms with Crippen molar-refractivity contribution >= 4 is 11.4 Å². The zero-order valence-electron chi connectivity index (χ0n) is 10.2. The second-order valence-corrected chi connectivity index (χ2v) is 4.11. The summed E-state index contributed by atoms with van der Waals surface area (Å²) >= 11 is 0. The summed E-state index contributed by atoms with van der Waals surface area (Å²) in [6.07, 6.45) is -0.707. The molecule has 0 saturated carbocycles. The number of non-ortho nitro benzene ring substituents is 1. The molecule has 0 bridgehead atoms. The Morgan fingerprint density at radius 2 is 1.74 bits per heavy atom. The average Bonchev–Trinajstić information content (AvgIpc) is 2.46. The molecule has 0 spiro atoms. The lowest BCUT2D eigenvalue weighted by Gasteiger charge is -2.12. The van der Waals surface area contributed by atoms with Gasteiger partial charge in [-0.1, -0.05) is 18.2 Å². The van der Waals surface area contributed by atoms with Crippen LogP contribution >= 0.6 is 0 Å². The normalized spacial score (nSPS) is 11.8. The fourth-order valence-electron chi connectivity index (χ4n) is 1.71. The number of nitro groups is 1. The summed E-state index contributed by atoms with van der Waals surface area (Å²) in [7, 11) is 0. The molecule has 98 valence electrons. The highest BCUT2D eigenvalue weighted by atomic mass is 16.6. The minimum Gasteiger partial charge on any atom is -0.387 e. The predicted octanol–water partition coefficient (Wildman–Crippen LogP) is 2.74. The second kappa shape index (κ2) is 5.97. The molecule has 0 saturated heterocycles. The Morgan fingerprint density at radius 1 is 1.11 bits per heavy atom. The zero-order valence-corrected chi connectivity index (χ0v) is 10.2. The fourth-order valence-corrected chi connectivity index (χ4v) is 1.71. The monoisotopic (exact) mass is 258 g/mol. The first-order chi connectivity index (χ1) is 9.16. The van der Waals surface area contributed by atoms with Gasteiger partial charge in [-0.2, -0.15) is 0 Å². The first kappa shape index (κ1) is 13.0. The van der Waals surface area contributed by atoms with Gasteiger partial charge in [0.05, 0.1) is 11.0 Å². The van der Waals surface area contributed by atoms with Crippen LogP contribution in [0.4, 0.5) is 11.4 Å². The van der Waals surface area contributed by atoms with Gasteiger partial charge in [0, 0.05) is 24.4 Å². The van der Waals surface area contributed by atoms with Crippen LogP contribution in [0.5, 0.6) is 0 Å². The lowest BCUT2D eigenvalue weighted by atomic mass is 10.1. The van der Waals surface area contributed by atoms with Gasteiger partial charge in [0.25, 0.3) is 5.69 Å². The second-order valence-electron chi connectivity index (χ2n) is 4.11. The third-order valence-corrected chi connectivity index (χ3v) is 2.76. The number of aliphatic hydroxyl groups excluding tert-OH is 1. The van der Waals surface area contributed by atoms with Crippen LogP contribution in [0.25, 0.3) is 0 Å². The van der Waals surface area contributed by atoms with E-state index in [1.165, 1.54) is 12.1 Å². The van der Waals surface area contributed by atoms with E-state index in [2.05, 4.69) is 5.32 Å². The van der Waals surface area contributed by atoms with Crippen molar-refractivity contribution in [3.63, 3.8) is 0 Å². The van der Waals surface area contributed by atoms with Gasteiger partial charge in [-0.05, 0) is 29.8 Å². The van der Waals surface area contributed by atoms with E-state index in [0.717, 1.165) is 5.69 Å². The van der Waals surface area contributed by atoms with E-state index in [-0.39, 0.29) is 5.69 Å². The minimum absolute atomic E-state index is 0.0203. The van der Waals surface area contributed by atoms with Crippen LogP contribution in [0.15, 0.2) is 54.6 Å². The molecule has 1 atom stereocenters. The summed E-state index contributed by atoms with van der Waals surface area (Å²) in [4.78, 5) is 10.1. The number of hydrogen-bond acceptors (Lipinski definition) is 4. The summed E-state index contributed by atoms with van der Waals surface area (Å²) in [5.41, 5.74) is 1.59. The molecule has 5 heteroatoms. The van der Waals surface area contributed by atoms with E-state index in [9.17, 15) is 15.2 Å². The Kier molecular flexibility index (Phi) is 4.10. The highest BCUT2D eigenvalue weighted by Crippen LogP contribution is 2.18. The summed E-state index contributed by atoms with van der Waals surface area (Å²) in [6.45, 7) is 0.349. The van der Waals surface area contributed by atoms with Gasteiger partial charge in [0.15, 0.2) is 0 Å². The molecular formula is C14H14N2O3. The van der Waals surface area contributed by atoms with Crippen LogP contribution in [0.3, 0.4) is 0 Å². The van der Waals surface area contributed by atoms with Crippen LogP contribution < -0.4 is 5.32 Å². The lowest BCUT2D eigenvalue weighted by molar-refractivity contribution is -0.384. The molecule has 1 unspecified atom stereocenters. The Balaban J connectivity index is 1.96. The molecule has 0 fully saturated rings. The molecule has 19 heavy (non-hydrogen) atoms. The lowest BCUT2D eigenvalue weighted by Crippen LogP contribution is -2.12. The molecule has 0 aliphatic carbocycles. The van der Waals surface area contributed by atoms with E-state index < -0.39 is 11.0 Å². The Labute approximate surface area is 110 Å². The number of anilines is 1. The number of aliphatic hydroxyl groups is 1. The van der Waals surface area contributed by atoms with Crippen molar-refractivity contribution < 1.29 is 10.0 Å². The van der Waals surface area contributed by atoms with E-state index in [4.69, 9.17) is 0 Å². The van der Waals surface area contributed by atoms with E-state index in [1.807, 2.05) is 30.3 Å². The number of rotatable bonds is 5. The SMILES string of the molecule is O=[N+]([O-])c1ccc(C(O)CNc2ccccc2)cc1. The predicted molar refractivity (Wildman–Crippen MR) is 73.0 cm³/mol. The van der Waals surface area contributed by atoms with Crippen molar-refractivity contribution in [2.45, 2.75) is 6.10 Å². The molecule has 2 aromatic carbocycles. The fraction of sp³-hybridized carbons (Fsp3) is 0.143. The van der Waals surface area contributed by atoms with Crippen LogP contribution in [0.1, 0.15) is 11.7 Å². The van der Waals surface area contributed by atoms with Crippen LogP contribution in [0, 0.1) is 10.1 Å². The largest absolute Gasteiger partial charge is 0.387 e. The molecule has 0 amide bonds. The quantitative estimate of drug-likeness (QED) is 0.638. The summed E-state index contributed by atoms with van der Waals surface area (Å²) < 4.78 is 0. The van der Waals surface area contributed by atoms with Crippen LogP contribution in [-0.2, 0) is 0 Å². The smallest absolute Gasteiger partial charge is 0.269 e. The number of hydrogen-bond donors (Lipinski definition) is 2. The Morgan fingerprint density at radius 3 is 2.32 bits per heavy atom. The topological polar surface area (TPSA) is 75.4 Å². The van der Waals surface area contributed by atoms with Gasteiger partial charge in [-0.25, -0.2) is 0 Å². The summed E-state index contributed by atoms with van der Waals surface area (Å²) in [5, 5.41) is 23.6. The molecule has 0 radical (unpaired) electrons. The van der Waals surface area contributed by atoms with Gasteiger partial charge in [-0.3, -0.25) is 10.1 Å². The standard InChI is InChI=1S/C14H14N2O3/c17-14(10-15-12-4-2-1-3-5-12)11-6-8-13(9-7-11)16(18)19/h1-9,14-15,17H,10H2. The number of nitro benzene ring substituents is 1. The van der Waals surface area contributed by atoms with E-state index in [1.54, 1.807) is 12.1 Å². The number of benzene rings is 2. The summed E-state index contributed by atoms with van der Waals surface area (Å²) in [6, 6.07) is 15.4. The van der Waals surface area contributed by atoms with E-state index >= 15 is 0 Å². The first-order valence-electron chi connectivity index (χ1n) is 5.88. The molecule has 2 N–H and O–H groups in total. The summed E-state index contributed by atoms with van der Waals surface area (Å²) in [5.74, 6) is 0. The maximum absolute atomic E-state index is 10.5. The molecule has 2 rings (SSSR count). The van der Waals surface area contributed by atoms with Crippen LogP contribution in [-0.4, -0.2) is 16.6 Å². The first-order valence-corrected chi connectivity index (χ1v) is 5.88. The molecule has 0 aliphatic rings. The molecular weight excluding hydrogens is 244 g/mol. The molecule has 2 aromatic rings. The van der Waals surface area contributed by atoms with Crippen molar-refractivity contribution in [2.24, 2.45) is 0 Å². The Bertz CT molecular complexity index is 540. The third kappa shape index (κ3) is 3.53. The number of nitrogens with one attached hydrogen (secondary N) is 1. The minimum atomic E-state index is -0.707. The van der Waals surface area contributed by atoms with Gasteiger partial charge >= 0.3 is 0 Å². The maximum atomic E-state index is 10.5.